The van der Waals surface area contributed by atoms with E-state index >= 15 is 0 Å². The molecular weight excluding hydrogens is 300 g/mol. The molecular formula is C20H26N2O2. The van der Waals surface area contributed by atoms with Gasteiger partial charge in [-0.2, -0.15) is 0 Å². The number of rotatable bonds is 7. The lowest BCUT2D eigenvalue weighted by molar-refractivity contribution is -0.129. The zero-order valence-electron chi connectivity index (χ0n) is 14.6. The van der Waals surface area contributed by atoms with Gasteiger partial charge in [-0.15, -0.1) is 0 Å². The highest BCUT2D eigenvalue weighted by Crippen LogP contribution is 2.15. The fourth-order valence-corrected chi connectivity index (χ4v) is 2.40. The molecule has 0 aromatic heterocycles. The number of nitrogens with one attached hydrogen (secondary N) is 1. The first kappa shape index (κ1) is 18.2. The quantitative estimate of drug-likeness (QED) is 0.822. The predicted molar refractivity (Wildman–Crippen MR) is 96.3 cm³/mol. The molecule has 0 bridgehead atoms. The minimum Gasteiger partial charge on any atom is -0.378 e. The van der Waals surface area contributed by atoms with E-state index in [1.165, 1.54) is 5.56 Å². The van der Waals surface area contributed by atoms with Crippen molar-refractivity contribution >= 4 is 5.91 Å². The number of hydrogen-bond acceptors (Lipinski definition) is 3. The van der Waals surface area contributed by atoms with Crippen LogP contribution in [0.4, 0.5) is 0 Å². The topological polar surface area (TPSA) is 52.6 Å². The highest BCUT2D eigenvalue weighted by atomic mass is 16.3. The van der Waals surface area contributed by atoms with Gasteiger partial charge in [-0.1, -0.05) is 54.6 Å². The van der Waals surface area contributed by atoms with E-state index in [9.17, 15) is 9.90 Å². The van der Waals surface area contributed by atoms with Gasteiger partial charge < -0.3 is 10.4 Å². The van der Waals surface area contributed by atoms with Crippen LogP contribution in [0.15, 0.2) is 54.6 Å². The van der Waals surface area contributed by atoms with E-state index < -0.39 is 6.10 Å². The van der Waals surface area contributed by atoms with Gasteiger partial charge in [-0.05, 0) is 37.6 Å². The van der Waals surface area contributed by atoms with Crippen molar-refractivity contribution < 1.29 is 9.90 Å². The molecule has 0 fully saturated rings. The molecule has 4 nitrogen and oxygen atoms in total. The maximum absolute atomic E-state index is 12.2. The second-order valence-corrected chi connectivity index (χ2v) is 6.31. The van der Waals surface area contributed by atoms with Crippen molar-refractivity contribution in [3.05, 3.63) is 71.3 Å². The van der Waals surface area contributed by atoms with E-state index in [4.69, 9.17) is 0 Å². The minimum absolute atomic E-state index is 0.381. The molecule has 128 valence electrons. The normalized spacial score (nSPS) is 12.4. The Morgan fingerprint density at radius 3 is 2.25 bits per heavy atom. The van der Waals surface area contributed by atoms with Crippen LogP contribution in [-0.4, -0.2) is 29.0 Å². The van der Waals surface area contributed by atoms with E-state index in [2.05, 4.69) is 37.2 Å². The van der Waals surface area contributed by atoms with Crippen LogP contribution in [-0.2, 0) is 17.9 Å². The zero-order valence-corrected chi connectivity index (χ0v) is 14.6. The van der Waals surface area contributed by atoms with Crippen LogP contribution < -0.4 is 5.32 Å². The number of aliphatic hydroxyl groups excluding tert-OH is 1. The Morgan fingerprint density at radius 2 is 1.62 bits per heavy atom. The first-order chi connectivity index (χ1) is 11.5. The SMILES string of the molecule is CC(C)N(C)Cc1ccccc1CNC(=O)C(O)c1ccccc1. The van der Waals surface area contributed by atoms with Crippen LogP contribution in [0.3, 0.4) is 0 Å². The highest BCUT2D eigenvalue weighted by Gasteiger charge is 2.17. The summed E-state index contributed by atoms with van der Waals surface area (Å²) in [5, 5.41) is 13.0. The van der Waals surface area contributed by atoms with Crippen molar-refractivity contribution in [1.29, 1.82) is 0 Å². The number of nitrogens with zero attached hydrogens (tertiary/aromatic N) is 1. The summed E-state index contributed by atoms with van der Waals surface area (Å²) in [5.74, 6) is -0.381. The summed E-state index contributed by atoms with van der Waals surface area (Å²) in [7, 11) is 2.08. The second kappa shape index (κ2) is 8.62. The molecule has 24 heavy (non-hydrogen) atoms. The Labute approximate surface area is 144 Å². The number of amides is 1. The van der Waals surface area contributed by atoms with Crippen molar-refractivity contribution in [3.8, 4) is 0 Å². The molecule has 1 unspecified atom stereocenters. The third kappa shape index (κ3) is 4.91. The van der Waals surface area contributed by atoms with Crippen molar-refractivity contribution in [1.82, 2.24) is 10.2 Å². The summed E-state index contributed by atoms with van der Waals surface area (Å²) in [5.41, 5.74) is 2.85. The van der Waals surface area contributed by atoms with Gasteiger partial charge in [0.1, 0.15) is 0 Å². The molecule has 4 heteroatoms. The number of hydrogen-bond donors (Lipinski definition) is 2. The largest absolute Gasteiger partial charge is 0.378 e. The van der Waals surface area contributed by atoms with Gasteiger partial charge in [-0.3, -0.25) is 9.69 Å². The number of carbonyl (C=O) groups is 1. The lowest BCUT2D eigenvalue weighted by atomic mass is 10.1. The van der Waals surface area contributed by atoms with Gasteiger partial charge in [0.2, 0.25) is 0 Å². The predicted octanol–water partition coefficient (Wildman–Crippen LogP) is 2.88. The lowest BCUT2D eigenvalue weighted by Gasteiger charge is -2.22. The van der Waals surface area contributed by atoms with Gasteiger partial charge >= 0.3 is 0 Å². The van der Waals surface area contributed by atoms with E-state index in [1.807, 2.05) is 36.4 Å². The first-order valence-electron chi connectivity index (χ1n) is 8.26. The minimum atomic E-state index is -1.14. The molecule has 0 aliphatic carbocycles. The monoisotopic (exact) mass is 326 g/mol. The molecule has 0 aliphatic heterocycles. The summed E-state index contributed by atoms with van der Waals surface area (Å²) < 4.78 is 0. The van der Waals surface area contributed by atoms with Crippen LogP contribution >= 0.6 is 0 Å². The lowest BCUT2D eigenvalue weighted by Crippen LogP contribution is -2.30. The molecule has 0 saturated heterocycles. The molecule has 2 rings (SSSR count). The smallest absolute Gasteiger partial charge is 0.253 e. The van der Waals surface area contributed by atoms with Crippen molar-refractivity contribution in [2.45, 2.75) is 39.1 Å². The molecule has 0 saturated carbocycles. The van der Waals surface area contributed by atoms with Gasteiger partial charge in [0.05, 0.1) is 0 Å². The average Bonchev–Trinajstić information content (AvgIpc) is 2.60. The molecule has 0 heterocycles. The summed E-state index contributed by atoms with van der Waals surface area (Å²) >= 11 is 0. The van der Waals surface area contributed by atoms with E-state index in [0.717, 1.165) is 12.1 Å². The second-order valence-electron chi connectivity index (χ2n) is 6.31. The molecule has 2 aromatic carbocycles. The van der Waals surface area contributed by atoms with Crippen LogP contribution in [0.25, 0.3) is 0 Å². The molecule has 0 aliphatic rings. The Hall–Kier alpha value is -2.17. The third-order valence-electron chi connectivity index (χ3n) is 4.24. The molecule has 0 spiro atoms. The molecule has 1 atom stereocenters. The summed E-state index contributed by atoms with van der Waals surface area (Å²) in [6.45, 7) is 5.54. The Bertz CT molecular complexity index is 656. The summed E-state index contributed by atoms with van der Waals surface area (Å²) in [6.07, 6.45) is -1.14. The number of carbonyl (C=O) groups excluding carboxylic acids is 1. The van der Waals surface area contributed by atoms with E-state index in [1.54, 1.807) is 12.1 Å². The molecule has 2 aromatic rings. The Balaban J connectivity index is 2.00. The van der Waals surface area contributed by atoms with Gasteiger partial charge in [-0.25, -0.2) is 0 Å². The van der Waals surface area contributed by atoms with Gasteiger partial charge in [0.25, 0.3) is 5.91 Å². The molecule has 2 N–H and O–H groups in total. The maximum Gasteiger partial charge on any atom is 0.253 e. The van der Waals surface area contributed by atoms with Gasteiger partial charge in [0, 0.05) is 19.1 Å². The first-order valence-corrected chi connectivity index (χ1v) is 8.26. The Morgan fingerprint density at radius 1 is 1.04 bits per heavy atom. The average molecular weight is 326 g/mol. The molecule has 0 radical (unpaired) electrons. The van der Waals surface area contributed by atoms with E-state index in [0.29, 0.717) is 18.2 Å². The fourth-order valence-electron chi connectivity index (χ4n) is 2.40. The van der Waals surface area contributed by atoms with Crippen molar-refractivity contribution in [3.63, 3.8) is 0 Å². The van der Waals surface area contributed by atoms with Crippen LogP contribution in [0.2, 0.25) is 0 Å². The summed E-state index contributed by atoms with van der Waals surface area (Å²) in [4.78, 5) is 14.4. The highest BCUT2D eigenvalue weighted by molar-refractivity contribution is 5.81. The van der Waals surface area contributed by atoms with Crippen molar-refractivity contribution in [2.75, 3.05) is 7.05 Å². The van der Waals surface area contributed by atoms with Crippen LogP contribution in [0.5, 0.6) is 0 Å². The van der Waals surface area contributed by atoms with E-state index in [-0.39, 0.29) is 5.91 Å². The fraction of sp³-hybridized carbons (Fsp3) is 0.350. The third-order valence-corrected chi connectivity index (χ3v) is 4.24. The number of aliphatic hydroxyl groups is 1. The summed E-state index contributed by atoms with van der Waals surface area (Å²) in [6, 6.07) is 17.5. The van der Waals surface area contributed by atoms with Crippen molar-refractivity contribution in [2.24, 2.45) is 0 Å². The molecule has 1 amide bonds. The van der Waals surface area contributed by atoms with Gasteiger partial charge in [0.15, 0.2) is 6.10 Å². The standard InChI is InChI=1S/C20H26N2O2/c1-15(2)22(3)14-18-12-8-7-11-17(18)13-21-20(24)19(23)16-9-5-4-6-10-16/h4-12,15,19,23H,13-14H2,1-3H3,(H,21,24). The zero-order chi connectivity index (χ0) is 17.5. The Kier molecular flexibility index (Phi) is 6.53. The maximum atomic E-state index is 12.2. The van der Waals surface area contributed by atoms with Crippen LogP contribution in [0, 0.1) is 0 Å². The van der Waals surface area contributed by atoms with Crippen LogP contribution in [0.1, 0.15) is 36.6 Å². The number of benzene rings is 2.